The summed E-state index contributed by atoms with van der Waals surface area (Å²) in [5, 5.41) is 11.2. The highest BCUT2D eigenvalue weighted by Gasteiger charge is 2.41. The fourth-order valence-electron chi connectivity index (χ4n) is 2.80. The number of carboxylic acid groups (broad SMARTS) is 1. The Bertz CT molecular complexity index is 714. The van der Waals surface area contributed by atoms with Crippen molar-refractivity contribution < 1.29 is 41.0 Å². The van der Waals surface area contributed by atoms with Gasteiger partial charge in [0, 0.05) is 12.2 Å². The molecule has 0 spiro atoms. The number of amides is 1. The van der Waals surface area contributed by atoms with Gasteiger partial charge in [-0.3, -0.25) is 14.5 Å². The summed E-state index contributed by atoms with van der Waals surface area (Å²) in [6, 6.07) is 0.797. The van der Waals surface area contributed by atoms with Gasteiger partial charge in [-0.05, 0) is 38.1 Å². The van der Waals surface area contributed by atoms with Crippen molar-refractivity contribution in [2.24, 2.45) is 5.41 Å². The van der Waals surface area contributed by atoms with Gasteiger partial charge in [0.15, 0.2) is 0 Å². The van der Waals surface area contributed by atoms with Crippen LogP contribution in [0, 0.1) is 5.41 Å². The Morgan fingerprint density at radius 1 is 1.11 bits per heavy atom. The molecular formula is C16H16F6N2O3. The average molecular weight is 398 g/mol. The number of carbonyl (C=O) groups excluding carboxylic acids is 1. The summed E-state index contributed by atoms with van der Waals surface area (Å²) < 4.78 is 76.9. The van der Waals surface area contributed by atoms with Crippen LogP contribution in [0.15, 0.2) is 18.2 Å². The summed E-state index contributed by atoms with van der Waals surface area (Å²) >= 11 is 0. The molecule has 1 atom stereocenters. The zero-order valence-electron chi connectivity index (χ0n) is 14.0. The molecule has 1 aliphatic heterocycles. The Morgan fingerprint density at radius 2 is 1.63 bits per heavy atom. The van der Waals surface area contributed by atoms with Crippen LogP contribution in [-0.4, -0.2) is 41.5 Å². The highest BCUT2D eigenvalue weighted by atomic mass is 19.4. The monoisotopic (exact) mass is 398 g/mol. The molecule has 27 heavy (non-hydrogen) atoms. The quantitative estimate of drug-likeness (QED) is 0.763. The molecule has 1 saturated heterocycles. The van der Waals surface area contributed by atoms with Gasteiger partial charge in [-0.1, -0.05) is 0 Å². The van der Waals surface area contributed by atoms with Crippen LogP contribution in [0.1, 0.15) is 24.5 Å². The van der Waals surface area contributed by atoms with E-state index in [0.29, 0.717) is 12.1 Å². The summed E-state index contributed by atoms with van der Waals surface area (Å²) in [6.07, 6.45) is -9.75. The van der Waals surface area contributed by atoms with Crippen LogP contribution in [0.5, 0.6) is 0 Å². The summed E-state index contributed by atoms with van der Waals surface area (Å²) in [5.41, 5.74) is -4.76. The second kappa shape index (κ2) is 7.02. The van der Waals surface area contributed by atoms with Crippen molar-refractivity contribution in [3.05, 3.63) is 29.3 Å². The summed E-state index contributed by atoms with van der Waals surface area (Å²) in [5.74, 6) is -1.88. The van der Waals surface area contributed by atoms with Crippen molar-refractivity contribution >= 4 is 17.6 Å². The maximum absolute atomic E-state index is 12.8. The first-order chi connectivity index (χ1) is 12.2. The van der Waals surface area contributed by atoms with Gasteiger partial charge in [0.25, 0.3) is 0 Å². The number of benzene rings is 1. The second-order valence-corrected chi connectivity index (χ2v) is 6.67. The number of hydrogen-bond donors (Lipinski definition) is 2. The van der Waals surface area contributed by atoms with E-state index in [4.69, 9.17) is 5.11 Å². The van der Waals surface area contributed by atoms with E-state index < -0.39 is 46.5 Å². The summed E-state index contributed by atoms with van der Waals surface area (Å²) in [4.78, 5) is 24.7. The van der Waals surface area contributed by atoms with Gasteiger partial charge in [-0.25, -0.2) is 0 Å². The SMILES string of the molecule is CC1(C(=O)O)CCN(CC(=O)Nc2cc(C(F)(F)F)cc(C(F)(F)F)c2)C1. The molecule has 150 valence electrons. The van der Waals surface area contributed by atoms with E-state index in [2.05, 4.69) is 0 Å². The molecule has 0 saturated carbocycles. The molecule has 1 fully saturated rings. The Kier molecular flexibility index (Phi) is 5.46. The van der Waals surface area contributed by atoms with E-state index in [1.165, 1.54) is 11.8 Å². The van der Waals surface area contributed by atoms with Crippen LogP contribution < -0.4 is 5.32 Å². The van der Waals surface area contributed by atoms with Gasteiger partial charge in [-0.2, -0.15) is 26.3 Å². The molecule has 0 aliphatic carbocycles. The van der Waals surface area contributed by atoms with E-state index in [9.17, 15) is 35.9 Å². The number of hydrogen-bond acceptors (Lipinski definition) is 3. The molecule has 2 N–H and O–H groups in total. The zero-order chi connectivity index (χ0) is 20.6. The third kappa shape index (κ3) is 5.12. The predicted octanol–water partition coefficient (Wildman–Crippen LogP) is 3.46. The Labute approximate surface area is 149 Å². The third-order valence-corrected chi connectivity index (χ3v) is 4.31. The van der Waals surface area contributed by atoms with Gasteiger partial charge in [-0.15, -0.1) is 0 Å². The van der Waals surface area contributed by atoms with Gasteiger partial charge >= 0.3 is 18.3 Å². The molecule has 0 aromatic heterocycles. The number of nitrogens with one attached hydrogen (secondary N) is 1. The van der Waals surface area contributed by atoms with E-state index in [1.807, 2.05) is 5.32 Å². The summed E-state index contributed by atoms with van der Waals surface area (Å²) in [6.45, 7) is 1.47. The topological polar surface area (TPSA) is 69.6 Å². The first kappa shape index (κ1) is 21.0. The van der Waals surface area contributed by atoms with Crippen molar-refractivity contribution in [2.45, 2.75) is 25.7 Å². The number of aliphatic carboxylic acids is 1. The molecule has 1 aliphatic rings. The predicted molar refractivity (Wildman–Crippen MR) is 81.9 cm³/mol. The molecule has 1 heterocycles. The van der Waals surface area contributed by atoms with Crippen LogP contribution in [0.25, 0.3) is 0 Å². The first-order valence-electron chi connectivity index (χ1n) is 7.76. The minimum Gasteiger partial charge on any atom is -0.481 e. The zero-order valence-corrected chi connectivity index (χ0v) is 14.0. The van der Waals surface area contributed by atoms with Crippen LogP contribution >= 0.6 is 0 Å². The third-order valence-electron chi connectivity index (χ3n) is 4.31. The van der Waals surface area contributed by atoms with Gasteiger partial charge < -0.3 is 10.4 Å². The summed E-state index contributed by atoms with van der Waals surface area (Å²) in [7, 11) is 0. The maximum atomic E-state index is 12.8. The number of likely N-dealkylation sites (tertiary alicyclic amines) is 1. The molecule has 1 amide bonds. The van der Waals surface area contributed by atoms with E-state index in [0.717, 1.165) is 0 Å². The number of halogens is 6. The largest absolute Gasteiger partial charge is 0.481 e. The van der Waals surface area contributed by atoms with Gasteiger partial charge in [0.05, 0.1) is 23.1 Å². The fraction of sp³-hybridized carbons (Fsp3) is 0.500. The fourth-order valence-corrected chi connectivity index (χ4v) is 2.80. The van der Waals surface area contributed by atoms with Crippen LogP contribution in [0.2, 0.25) is 0 Å². The molecule has 0 bridgehead atoms. The van der Waals surface area contributed by atoms with Gasteiger partial charge in [0.2, 0.25) is 5.91 Å². The smallest absolute Gasteiger partial charge is 0.416 e. The number of carboxylic acids is 1. The van der Waals surface area contributed by atoms with Crippen molar-refractivity contribution in [3.8, 4) is 0 Å². The Morgan fingerprint density at radius 3 is 2.04 bits per heavy atom. The minimum atomic E-state index is -5.01. The molecule has 2 rings (SSSR count). The van der Waals surface area contributed by atoms with Crippen LogP contribution in [-0.2, 0) is 21.9 Å². The molecule has 11 heteroatoms. The van der Waals surface area contributed by atoms with Gasteiger partial charge in [0.1, 0.15) is 0 Å². The van der Waals surface area contributed by atoms with E-state index >= 15 is 0 Å². The molecular weight excluding hydrogens is 382 g/mol. The van der Waals surface area contributed by atoms with Crippen molar-refractivity contribution in [1.82, 2.24) is 4.90 Å². The molecule has 1 unspecified atom stereocenters. The Hall–Kier alpha value is -2.30. The number of carbonyl (C=O) groups is 2. The lowest BCUT2D eigenvalue weighted by molar-refractivity contribution is -0.147. The molecule has 5 nitrogen and oxygen atoms in total. The molecule has 1 aromatic carbocycles. The van der Waals surface area contributed by atoms with Crippen LogP contribution in [0.4, 0.5) is 32.0 Å². The van der Waals surface area contributed by atoms with E-state index in [-0.39, 0.29) is 32.1 Å². The van der Waals surface area contributed by atoms with Crippen molar-refractivity contribution in [3.63, 3.8) is 0 Å². The van der Waals surface area contributed by atoms with E-state index in [1.54, 1.807) is 0 Å². The Balaban J connectivity index is 2.14. The maximum Gasteiger partial charge on any atom is 0.416 e. The molecule has 1 aromatic rings. The molecule has 0 radical (unpaired) electrons. The number of anilines is 1. The highest BCUT2D eigenvalue weighted by molar-refractivity contribution is 5.92. The lowest BCUT2D eigenvalue weighted by Gasteiger charge is -2.20. The first-order valence-corrected chi connectivity index (χ1v) is 7.76. The highest BCUT2D eigenvalue weighted by Crippen LogP contribution is 2.37. The van der Waals surface area contributed by atoms with Crippen molar-refractivity contribution in [1.29, 1.82) is 0 Å². The average Bonchev–Trinajstić information content (AvgIpc) is 2.87. The minimum absolute atomic E-state index is 0.0333. The van der Waals surface area contributed by atoms with Crippen LogP contribution in [0.3, 0.4) is 0 Å². The number of alkyl halides is 6. The number of nitrogens with zero attached hydrogens (tertiary/aromatic N) is 1. The standard InChI is InChI=1S/C16H16F6N2O3/c1-14(13(26)27)2-3-24(8-14)7-12(25)23-11-5-9(15(17,18)19)4-10(6-11)16(20,21)22/h4-6H,2-3,7-8H2,1H3,(H,23,25)(H,26,27). The number of rotatable bonds is 4. The lowest BCUT2D eigenvalue weighted by atomic mass is 9.90. The second-order valence-electron chi connectivity index (χ2n) is 6.67. The van der Waals surface area contributed by atoms with Crippen molar-refractivity contribution in [2.75, 3.05) is 25.0 Å². The normalized spacial score (nSPS) is 21.3. The lowest BCUT2D eigenvalue weighted by Crippen LogP contribution is -2.35.